The van der Waals surface area contributed by atoms with Gasteiger partial charge in [-0.3, -0.25) is 4.79 Å². The Morgan fingerprint density at radius 3 is 2.21 bits per heavy atom. The summed E-state index contributed by atoms with van der Waals surface area (Å²) in [6, 6.07) is 18.3. The fourth-order valence-corrected chi connectivity index (χ4v) is 2.60. The Bertz CT molecular complexity index is 534. The molecule has 1 N–H and O–H groups in total. The van der Waals surface area contributed by atoms with Crippen LogP contribution in [0.15, 0.2) is 64.4 Å². The second kappa shape index (κ2) is 6.43. The van der Waals surface area contributed by atoms with Crippen LogP contribution >= 0.6 is 11.8 Å². The zero-order valence-corrected chi connectivity index (χ0v) is 11.6. The predicted molar refractivity (Wildman–Crippen MR) is 77.5 cm³/mol. The van der Waals surface area contributed by atoms with Gasteiger partial charge in [0.25, 0.3) is 0 Å². The Balaban J connectivity index is 2.01. The van der Waals surface area contributed by atoms with Crippen LogP contribution in [0.1, 0.15) is 12.5 Å². The maximum atomic E-state index is 10.8. The van der Waals surface area contributed by atoms with Crippen molar-refractivity contribution in [3.05, 3.63) is 60.2 Å². The summed E-state index contributed by atoms with van der Waals surface area (Å²) in [5.74, 6) is -1.09. The lowest BCUT2D eigenvalue weighted by Gasteiger charge is -2.07. The molecule has 0 saturated heterocycles. The highest BCUT2D eigenvalue weighted by molar-refractivity contribution is 7.99. The van der Waals surface area contributed by atoms with Crippen LogP contribution in [0.3, 0.4) is 0 Å². The molecule has 1 atom stereocenters. The van der Waals surface area contributed by atoms with Gasteiger partial charge in [0.2, 0.25) is 0 Å². The summed E-state index contributed by atoms with van der Waals surface area (Å²) in [6.07, 6.45) is 0.575. The largest absolute Gasteiger partial charge is 0.481 e. The highest BCUT2D eigenvalue weighted by Crippen LogP contribution is 2.27. The van der Waals surface area contributed by atoms with Crippen molar-refractivity contribution >= 4 is 17.7 Å². The molecule has 1 unspecified atom stereocenters. The smallest absolute Gasteiger partial charge is 0.306 e. The van der Waals surface area contributed by atoms with E-state index in [9.17, 15) is 4.79 Å². The molecule has 3 heteroatoms. The third-order valence-electron chi connectivity index (χ3n) is 2.87. The van der Waals surface area contributed by atoms with Gasteiger partial charge in [-0.2, -0.15) is 0 Å². The Morgan fingerprint density at radius 2 is 1.63 bits per heavy atom. The standard InChI is InChI=1S/C16H16O2S/c1-12(16(17)18)11-13-7-9-15(10-8-13)19-14-5-3-2-4-6-14/h2-10,12H,11H2,1H3,(H,17,18). The second-order valence-corrected chi connectivity index (χ2v) is 5.65. The Hall–Kier alpha value is -1.74. The molecule has 0 spiro atoms. The van der Waals surface area contributed by atoms with Crippen LogP contribution in [0.5, 0.6) is 0 Å². The molecule has 0 amide bonds. The van der Waals surface area contributed by atoms with Crippen molar-refractivity contribution in [2.45, 2.75) is 23.1 Å². The molecule has 19 heavy (non-hydrogen) atoms. The molecule has 0 aliphatic heterocycles. The van der Waals surface area contributed by atoms with Crippen molar-refractivity contribution in [2.24, 2.45) is 5.92 Å². The van der Waals surface area contributed by atoms with Gasteiger partial charge in [0.1, 0.15) is 0 Å². The van der Waals surface area contributed by atoms with E-state index < -0.39 is 5.97 Å². The third kappa shape index (κ3) is 4.14. The molecular weight excluding hydrogens is 256 g/mol. The summed E-state index contributed by atoms with van der Waals surface area (Å²) < 4.78 is 0. The number of hydrogen-bond donors (Lipinski definition) is 1. The quantitative estimate of drug-likeness (QED) is 0.890. The van der Waals surface area contributed by atoms with Crippen LogP contribution < -0.4 is 0 Å². The van der Waals surface area contributed by atoms with Gasteiger partial charge in [0.15, 0.2) is 0 Å². The lowest BCUT2D eigenvalue weighted by molar-refractivity contribution is -0.141. The Labute approximate surface area is 117 Å². The average Bonchev–Trinajstić information content (AvgIpc) is 2.42. The zero-order valence-electron chi connectivity index (χ0n) is 10.7. The molecule has 2 aromatic rings. The molecule has 2 aromatic carbocycles. The molecule has 98 valence electrons. The summed E-state index contributed by atoms with van der Waals surface area (Å²) in [5, 5.41) is 8.89. The van der Waals surface area contributed by atoms with Crippen molar-refractivity contribution in [3.8, 4) is 0 Å². The first-order valence-electron chi connectivity index (χ1n) is 6.20. The van der Waals surface area contributed by atoms with Crippen molar-refractivity contribution in [1.29, 1.82) is 0 Å². The van der Waals surface area contributed by atoms with Crippen LogP contribution in [-0.2, 0) is 11.2 Å². The maximum Gasteiger partial charge on any atom is 0.306 e. The molecule has 0 bridgehead atoms. The lowest BCUT2D eigenvalue weighted by atomic mass is 10.0. The van der Waals surface area contributed by atoms with E-state index in [-0.39, 0.29) is 5.92 Å². The van der Waals surface area contributed by atoms with Crippen molar-refractivity contribution < 1.29 is 9.90 Å². The number of carbonyl (C=O) groups is 1. The average molecular weight is 272 g/mol. The van der Waals surface area contributed by atoms with E-state index in [2.05, 4.69) is 12.1 Å². The number of hydrogen-bond acceptors (Lipinski definition) is 2. The molecule has 2 rings (SSSR count). The number of rotatable bonds is 5. The lowest BCUT2D eigenvalue weighted by Crippen LogP contribution is -2.12. The second-order valence-electron chi connectivity index (χ2n) is 4.50. The molecule has 0 aliphatic rings. The van der Waals surface area contributed by atoms with Crippen LogP contribution in [-0.4, -0.2) is 11.1 Å². The van der Waals surface area contributed by atoms with Crippen molar-refractivity contribution in [2.75, 3.05) is 0 Å². The van der Waals surface area contributed by atoms with Gasteiger partial charge in [0, 0.05) is 9.79 Å². The summed E-state index contributed by atoms with van der Waals surface area (Å²) in [4.78, 5) is 13.2. The fraction of sp³-hybridized carbons (Fsp3) is 0.188. The van der Waals surface area contributed by atoms with Gasteiger partial charge in [-0.05, 0) is 36.2 Å². The van der Waals surface area contributed by atoms with Crippen LogP contribution in [0.25, 0.3) is 0 Å². The van der Waals surface area contributed by atoms with Crippen molar-refractivity contribution in [1.82, 2.24) is 0 Å². The van der Waals surface area contributed by atoms with Gasteiger partial charge < -0.3 is 5.11 Å². The van der Waals surface area contributed by atoms with Gasteiger partial charge >= 0.3 is 5.97 Å². The molecule has 0 aromatic heterocycles. The van der Waals surface area contributed by atoms with E-state index in [0.29, 0.717) is 6.42 Å². The minimum atomic E-state index is -0.747. The molecule has 0 aliphatic carbocycles. The van der Waals surface area contributed by atoms with Gasteiger partial charge in [-0.1, -0.05) is 49.0 Å². The maximum absolute atomic E-state index is 10.8. The highest BCUT2D eigenvalue weighted by atomic mass is 32.2. The number of carboxylic acid groups (broad SMARTS) is 1. The summed E-state index contributed by atoms with van der Waals surface area (Å²) in [5.41, 5.74) is 1.06. The topological polar surface area (TPSA) is 37.3 Å². The predicted octanol–water partition coefficient (Wildman–Crippen LogP) is 4.10. The first kappa shape index (κ1) is 13.7. The van der Waals surface area contributed by atoms with Crippen LogP contribution in [0.2, 0.25) is 0 Å². The van der Waals surface area contributed by atoms with Gasteiger partial charge in [-0.25, -0.2) is 0 Å². The number of benzene rings is 2. The summed E-state index contributed by atoms with van der Waals surface area (Å²) >= 11 is 1.71. The Morgan fingerprint density at radius 1 is 1.05 bits per heavy atom. The molecular formula is C16H16O2S. The minimum absolute atomic E-state index is 0.340. The number of carboxylic acids is 1. The Kier molecular flexibility index (Phi) is 4.63. The number of aliphatic carboxylic acids is 1. The van der Waals surface area contributed by atoms with Gasteiger partial charge in [-0.15, -0.1) is 0 Å². The van der Waals surface area contributed by atoms with E-state index in [1.807, 2.05) is 42.5 Å². The first-order valence-corrected chi connectivity index (χ1v) is 7.01. The molecule has 0 heterocycles. The van der Waals surface area contributed by atoms with E-state index in [1.165, 1.54) is 4.90 Å². The van der Waals surface area contributed by atoms with Crippen LogP contribution in [0, 0.1) is 5.92 Å². The monoisotopic (exact) mass is 272 g/mol. The minimum Gasteiger partial charge on any atom is -0.481 e. The van der Waals surface area contributed by atoms with E-state index in [1.54, 1.807) is 18.7 Å². The molecule has 2 nitrogen and oxygen atoms in total. The third-order valence-corrected chi connectivity index (χ3v) is 3.88. The summed E-state index contributed by atoms with van der Waals surface area (Å²) in [6.45, 7) is 1.73. The van der Waals surface area contributed by atoms with Crippen molar-refractivity contribution in [3.63, 3.8) is 0 Å². The zero-order chi connectivity index (χ0) is 13.7. The first-order chi connectivity index (χ1) is 9.15. The SMILES string of the molecule is CC(Cc1ccc(Sc2ccccc2)cc1)C(=O)O. The fourth-order valence-electron chi connectivity index (χ4n) is 1.76. The van der Waals surface area contributed by atoms with E-state index >= 15 is 0 Å². The van der Waals surface area contributed by atoms with Gasteiger partial charge in [0.05, 0.1) is 5.92 Å². The molecule has 0 radical (unpaired) electrons. The van der Waals surface area contributed by atoms with E-state index in [0.717, 1.165) is 10.5 Å². The molecule has 0 saturated carbocycles. The molecule has 0 fully saturated rings. The highest BCUT2D eigenvalue weighted by Gasteiger charge is 2.11. The van der Waals surface area contributed by atoms with E-state index in [4.69, 9.17) is 5.11 Å². The van der Waals surface area contributed by atoms with Crippen LogP contribution in [0.4, 0.5) is 0 Å². The summed E-state index contributed by atoms with van der Waals surface area (Å²) in [7, 11) is 0. The normalized spacial score (nSPS) is 12.1.